The molecule has 2 saturated carbocycles. The minimum Gasteiger partial charge on any atom is -0.389 e. The Labute approximate surface area is 200 Å². The standard InChI is InChI=1S/C26H34N6O2/c1-26(2,34)16-28-21-14-23(29-19-6-4-3-5-7-19)31-32-22(15-27-24(21)32)17-8-10-18(11-9-17)25(33)30-20-12-13-20/h8-11,14-15,19-20,28,34H,3-7,12-13,16H2,1-2H3,(H,29,31)(H,30,33). The van der Waals surface area contributed by atoms with Crippen molar-refractivity contribution in [2.24, 2.45) is 0 Å². The largest absolute Gasteiger partial charge is 0.389 e. The lowest BCUT2D eigenvalue weighted by Gasteiger charge is -2.24. The van der Waals surface area contributed by atoms with E-state index < -0.39 is 5.60 Å². The summed E-state index contributed by atoms with van der Waals surface area (Å²) in [5.74, 6) is 0.764. The van der Waals surface area contributed by atoms with E-state index in [0.29, 0.717) is 29.8 Å². The van der Waals surface area contributed by atoms with Gasteiger partial charge in [-0.25, -0.2) is 9.50 Å². The van der Waals surface area contributed by atoms with Gasteiger partial charge in [0.15, 0.2) is 5.65 Å². The topological polar surface area (TPSA) is 104 Å². The van der Waals surface area contributed by atoms with E-state index in [4.69, 9.17) is 5.10 Å². The molecule has 2 fully saturated rings. The lowest BCUT2D eigenvalue weighted by Crippen LogP contribution is -2.29. The highest BCUT2D eigenvalue weighted by atomic mass is 16.3. The molecule has 34 heavy (non-hydrogen) atoms. The quantitative estimate of drug-likeness (QED) is 0.400. The Kier molecular flexibility index (Phi) is 6.16. The van der Waals surface area contributed by atoms with E-state index in [1.807, 2.05) is 34.8 Å². The highest BCUT2D eigenvalue weighted by Gasteiger charge is 2.24. The molecule has 0 bridgehead atoms. The number of hydrogen-bond donors (Lipinski definition) is 4. The first kappa shape index (κ1) is 22.7. The number of aliphatic hydroxyl groups is 1. The summed E-state index contributed by atoms with van der Waals surface area (Å²) < 4.78 is 1.84. The van der Waals surface area contributed by atoms with E-state index in [2.05, 4.69) is 20.9 Å². The molecule has 0 aliphatic heterocycles. The van der Waals surface area contributed by atoms with E-state index in [1.54, 1.807) is 20.0 Å². The molecular formula is C26H34N6O2. The lowest BCUT2D eigenvalue weighted by atomic mass is 9.95. The Hall–Kier alpha value is -3.13. The molecule has 0 radical (unpaired) electrons. The van der Waals surface area contributed by atoms with Crippen LogP contribution >= 0.6 is 0 Å². The maximum absolute atomic E-state index is 12.4. The molecule has 2 aliphatic carbocycles. The summed E-state index contributed by atoms with van der Waals surface area (Å²) >= 11 is 0. The molecule has 0 spiro atoms. The number of nitrogens with zero attached hydrogens (tertiary/aromatic N) is 3. The van der Waals surface area contributed by atoms with Crippen molar-refractivity contribution in [3.8, 4) is 11.3 Å². The van der Waals surface area contributed by atoms with Crippen LogP contribution in [0.3, 0.4) is 0 Å². The molecule has 8 heteroatoms. The van der Waals surface area contributed by atoms with E-state index >= 15 is 0 Å². The predicted octanol–water partition coefficient (Wildman–Crippen LogP) is 4.22. The van der Waals surface area contributed by atoms with Crippen molar-refractivity contribution >= 4 is 23.1 Å². The number of carbonyl (C=O) groups excluding carboxylic acids is 1. The maximum Gasteiger partial charge on any atom is 0.251 e. The van der Waals surface area contributed by atoms with Crippen LogP contribution in [0.1, 0.15) is 69.2 Å². The van der Waals surface area contributed by atoms with Crippen molar-refractivity contribution in [1.29, 1.82) is 0 Å². The fourth-order valence-electron chi connectivity index (χ4n) is 4.42. The van der Waals surface area contributed by atoms with Crippen LogP contribution in [0.5, 0.6) is 0 Å². The van der Waals surface area contributed by atoms with E-state index in [9.17, 15) is 9.90 Å². The van der Waals surface area contributed by atoms with Crippen LogP contribution in [-0.2, 0) is 0 Å². The monoisotopic (exact) mass is 462 g/mol. The summed E-state index contributed by atoms with van der Waals surface area (Å²) in [6.45, 7) is 3.94. The summed E-state index contributed by atoms with van der Waals surface area (Å²) in [5, 5.41) is 25.1. The average Bonchev–Trinajstić information content (AvgIpc) is 3.53. The van der Waals surface area contributed by atoms with Crippen LogP contribution in [0.15, 0.2) is 36.5 Å². The molecule has 0 unspecified atom stereocenters. The Bertz CT molecular complexity index is 1150. The molecular weight excluding hydrogens is 428 g/mol. The summed E-state index contributed by atoms with van der Waals surface area (Å²) in [7, 11) is 0. The highest BCUT2D eigenvalue weighted by molar-refractivity contribution is 5.95. The second-order valence-corrected chi connectivity index (χ2v) is 10.3. The molecule has 0 saturated heterocycles. The van der Waals surface area contributed by atoms with Crippen molar-refractivity contribution in [2.75, 3.05) is 17.2 Å². The van der Waals surface area contributed by atoms with Crippen molar-refractivity contribution < 1.29 is 9.90 Å². The summed E-state index contributed by atoms with van der Waals surface area (Å²) in [6, 6.07) is 10.3. The first-order valence-electron chi connectivity index (χ1n) is 12.4. The Morgan fingerprint density at radius 2 is 1.82 bits per heavy atom. The van der Waals surface area contributed by atoms with Crippen LogP contribution < -0.4 is 16.0 Å². The number of carbonyl (C=O) groups is 1. The zero-order valence-electron chi connectivity index (χ0n) is 20.0. The van der Waals surface area contributed by atoms with Gasteiger partial charge in [0, 0.05) is 35.8 Å². The first-order chi connectivity index (χ1) is 16.4. The molecule has 1 amide bonds. The second kappa shape index (κ2) is 9.25. The van der Waals surface area contributed by atoms with Crippen LogP contribution in [0.2, 0.25) is 0 Å². The average molecular weight is 463 g/mol. The number of rotatable bonds is 8. The van der Waals surface area contributed by atoms with Gasteiger partial charge in [-0.3, -0.25) is 4.79 Å². The van der Waals surface area contributed by atoms with Gasteiger partial charge in [-0.2, -0.15) is 0 Å². The van der Waals surface area contributed by atoms with E-state index in [1.165, 1.54) is 19.3 Å². The van der Waals surface area contributed by atoms with Crippen molar-refractivity contribution in [2.45, 2.75) is 76.5 Å². The Balaban J connectivity index is 1.46. The third-order valence-electron chi connectivity index (χ3n) is 6.49. The normalized spacial score (nSPS) is 17.0. The number of fused-ring (bicyclic) bond motifs is 1. The fraction of sp³-hybridized carbons (Fsp3) is 0.500. The molecule has 2 aliphatic rings. The first-order valence-corrected chi connectivity index (χ1v) is 12.4. The van der Waals surface area contributed by atoms with Gasteiger partial charge in [0.1, 0.15) is 5.82 Å². The van der Waals surface area contributed by atoms with Crippen LogP contribution in [-0.4, -0.2) is 49.8 Å². The van der Waals surface area contributed by atoms with Crippen molar-refractivity contribution in [3.05, 3.63) is 42.1 Å². The van der Waals surface area contributed by atoms with Gasteiger partial charge in [-0.1, -0.05) is 31.4 Å². The number of nitrogens with one attached hydrogen (secondary N) is 3. The molecule has 3 aromatic rings. The third-order valence-corrected chi connectivity index (χ3v) is 6.49. The number of hydrogen-bond acceptors (Lipinski definition) is 6. The maximum atomic E-state index is 12.4. The smallest absolute Gasteiger partial charge is 0.251 e. The van der Waals surface area contributed by atoms with Gasteiger partial charge in [0.2, 0.25) is 0 Å². The SMILES string of the molecule is CC(C)(O)CNc1cc(NC2CCCCC2)nn2c(-c3ccc(C(=O)NC4CC4)cc3)cnc12. The number of aromatic nitrogens is 3. The number of anilines is 2. The van der Waals surface area contributed by atoms with E-state index in [-0.39, 0.29) is 5.91 Å². The van der Waals surface area contributed by atoms with Gasteiger partial charge in [0.25, 0.3) is 5.91 Å². The minimum atomic E-state index is -0.858. The number of benzene rings is 1. The second-order valence-electron chi connectivity index (χ2n) is 10.3. The highest BCUT2D eigenvalue weighted by Crippen LogP contribution is 2.28. The third kappa shape index (κ3) is 5.33. The zero-order valence-corrected chi connectivity index (χ0v) is 20.0. The predicted molar refractivity (Wildman–Crippen MR) is 134 cm³/mol. The lowest BCUT2D eigenvalue weighted by molar-refractivity contribution is 0.0940. The van der Waals surface area contributed by atoms with Crippen LogP contribution in [0.25, 0.3) is 16.9 Å². The van der Waals surface area contributed by atoms with E-state index in [0.717, 1.165) is 48.4 Å². The van der Waals surface area contributed by atoms with Gasteiger partial charge >= 0.3 is 0 Å². The molecule has 4 N–H and O–H groups in total. The van der Waals surface area contributed by atoms with Gasteiger partial charge in [-0.15, -0.1) is 5.10 Å². The van der Waals surface area contributed by atoms with Crippen LogP contribution in [0.4, 0.5) is 11.5 Å². The molecule has 8 nitrogen and oxygen atoms in total. The van der Waals surface area contributed by atoms with Gasteiger partial charge in [-0.05, 0) is 51.7 Å². The minimum absolute atomic E-state index is 0.0256. The van der Waals surface area contributed by atoms with Crippen LogP contribution in [0, 0.1) is 0 Å². The summed E-state index contributed by atoms with van der Waals surface area (Å²) in [5.41, 5.74) is 3.11. The van der Waals surface area contributed by atoms with Gasteiger partial charge < -0.3 is 21.1 Å². The Morgan fingerprint density at radius 3 is 2.50 bits per heavy atom. The Morgan fingerprint density at radius 1 is 1.09 bits per heavy atom. The number of amides is 1. The van der Waals surface area contributed by atoms with Crippen molar-refractivity contribution in [1.82, 2.24) is 19.9 Å². The molecule has 5 rings (SSSR count). The molecule has 0 atom stereocenters. The fourth-order valence-corrected chi connectivity index (χ4v) is 4.42. The molecule has 2 aromatic heterocycles. The zero-order chi connectivity index (χ0) is 23.7. The molecule has 1 aromatic carbocycles. The summed E-state index contributed by atoms with van der Waals surface area (Å²) in [6.07, 6.45) is 10.0. The number of imidazole rings is 1. The van der Waals surface area contributed by atoms with Crippen molar-refractivity contribution in [3.63, 3.8) is 0 Å². The molecule has 180 valence electrons. The molecule has 2 heterocycles. The summed E-state index contributed by atoms with van der Waals surface area (Å²) in [4.78, 5) is 17.0. The van der Waals surface area contributed by atoms with Gasteiger partial charge in [0.05, 0.1) is 23.2 Å².